The second kappa shape index (κ2) is 8.44. The fourth-order valence-electron chi connectivity index (χ4n) is 1.87. The Balaban J connectivity index is 2.60. The lowest BCUT2D eigenvalue weighted by Crippen LogP contribution is -2.40. The highest BCUT2D eigenvalue weighted by Gasteiger charge is 2.16. The Morgan fingerprint density at radius 2 is 2.10 bits per heavy atom. The topological polar surface area (TPSA) is 60.9 Å². The summed E-state index contributed by atoms with van der Waals surface area (Å²) in [5.74, 6) is -1.12. The van der Waals surface area contributed by atoms with Crippen molar-refractivity contribution in [2.45, 2.75) is 6.54 Å². The van der Waals surface area contributed by atoms with Gasteiger partial charge in [-0.2, -0.15) is 0 Å². The predicted octanol–water partition coefficient (Wildman–Crippen LogP) is 1.87. The molecule has 0 unspecified atom stereocenters. The molecule has 1 amide bonds. The van der Waals surface area contributed by atoms with Gasteiger partial charge in [0.2, 0.25) is 5.91 Å². The maximum absolute atomic E-state index is 12.1. The molecule has 0 saturated heterocycles. The zero-order valence-corrected chi connectivity index (χ0v) is 12.7. The SMILES string of the molecule is C=CCN(CC(=O)O)CC(=O)N(C)Cc1cccc(Cl)c1. The summed E-state index contributed by atoms with van der Waals surface area (Å²) >= 11 is 5.90. The van der Waals surface area contributed by atoms with E-state index in [1.54, 1.807) is 30.2 Å². The zero-order chi connectivity index (χ0) is 15.8. The van der Waals surface area contributed by atoms with E-state index in [1.807, 2.05) is 12.1 Å². The lowest BCUT2D eigenvalue weighted by atomic mass is 10.2. The monoisotopic (exact) mass is 310 g/mol. The number of likely N-dealkylation sites (N-methyl/N-ethyl adjacent to an activating group) is 1. The molecule has 0 aliphatic rings. The van der Waals surface area contributed by atoms with Crippen molar-refractivity contribution in [1.82, 2.24) is 9.80 Å². The van der Waals surface area contributed by atoms with Crippen LogP contribution in [0, 0.1) is 0 Å². The summed E-state index contributed by atoms with van der Waals surface area (Å²) in [5.41, 5.74) is 0.923. The van der Waals surface area contributed by atoms with E-state index < -0.39 is 5.97 Å². The Bertz CT molecular complexity index is 519. The third-order valence-electron chi connectivity index (χ3n) is 2.84. The second-order valence-corrected chi connectivity index (χ2v) is 5.17. The minimum Gasteiger partial charge on any atom is -0.480 e. The van der Waals surface area contributed by atoms with Crippen LogP contribution in [-0.2, 0) is 16.1 Å². The maximum Gasteiger partial charge on any atom is 0.317 e. The van der Waals surface area contributed by atoms with Crippen LogP contribution in [-0.4, -0.2) is 53.5 Å². The van der Waals surface area contributed by atoms with Crippen molar-refractivity contribution >= 4 is 23.5 Å². The van der Waals surface area contributed by atoms with Crippen molar-refractivity contribution in [3.8, 4) is 0 Å². The van der Waals surface area contributed by atoms with Gasteiger partial charge in [-0.1, -0.05) is 29.8 Å². The highest BCUT2D eigenvalue weighted by atomic mass is 35.5. The van der Waals surface area contributed by atoms with Gasteiger partial charge in [0.25, 0.3) is 0 Å². The lowest BCUT2D eigenvalue weighted by Gasteiger charge is -2.23. The molecule has 6 heteroatoms. The number of amides is 1. The summed E-state index contributed by atoms with van der Waals surface area (Å²) in [4.78, 5) is 25.9. The van der Waals surface area contributed by atoms with Gasteiger partial charge < -0.3 is 10.0 Å². The minimum absolute atomic E-state index is 0.0371. The molecular weight excluding hydrogens is 292 g/mol. The number of carboxylic acid groups (broad SMARTS) is 1. The minimum atomic E-state index is -0.970. The molecule has 5 nitrogen and oxygen atoms in total. The molecule has 0 aromatic heterocycles. The predicted molar refractivity (Wildman–Crippen MR) is 82.2 cm³/mol. The van der Waals surface area contributed by atoms with Crippen LogP contribution in [0.2, 0.25) is 5.02 Å². The first-order chi connectivity index (χ1) is 9.92. The van der Waals surface area contributed by atoms with Gasteiger partial charge in [-0.05, 0) is 17.7 Å². The Morgan fingerprint density at radius 3 is 2.67 bits per heavy atom. The Morgan fingerprint density at radius 1 is 1.38 bits per heavy atom. The van der Waals surface area contributed by atoms with Crippen molar-refractivity contribution in [3.05, 3.63) is 47.5 Å². The quantitative estimate of drug-likeness (QED) is 0.745. The van der Waals surface area contributed by atoms with E-state index in [2.05, 4.69) is 6.58 Å². The van der Waals surface area contributed by atoms with Crippen LogP contribution in [0.4, 0.5) is 0 Å². The largest absolute Gasteiger partial charge is 0.480 e. The molecule has 0 bridgehead atoms. The van der Waals surface area contributed by atoms with Crippen molar-refractivity contribution < 1.29 is 14.7 Å². The van der Waals surface area contributed by atoms with Crippen molar-refractivity contribution in [3.63, 3.8) is 0 Å². The van der Waals surface area contributed by atoms with Crippen molar-refractivity contribution in [1.29, 1.82) is 0 Å². The van der Waals surface area contributed by atoms with Crippen LogP contribution < -0.4 is 0 Å². The first kappa shape index (κ1) is 17.2. The molecule has 1 aromatic carbocycles. The van der Waals surface area contributed by atoms with Gasteiger partial charge in [0, 0.05) is 25.2 Å². The number of halogens is 1. The number of carboxylic acids is 1. The number of benzene rings is 1. The molecule has 1 rings (SSSR count). The summed E-state index contributed by atoms with van der Waals surface area (Å²) in [5, 5.41) is 9.43. The van der Waals surface area contributed by atoms with Gasteiger partial charge in [-0.15, -0.1) is 6.58 Å². The first-order valence-corrected chi connectivity index (χ1v) is 6.83. The lowest BCUT2D eigenvalue weighted by molar-refractivity contribution is -0.139. The van der Waals surface area contributed by atoms with Crippen molar-refractivity contribution in [2.75, 3.05) is 26.7 Å². The van der Waals surface area contributed by atoms with Crippen LogP contribution in [0.15, 0.2) is 36.9 Å². The molecular formula is C15H19ClN2O3. The normalized spacial score (nSPS) is 10.4. The third kappa shape index (κ3) is 6.42. The van der Waals surface area contributed by atoms with E-state index >= 15 is 0 Å². The van der Waals surface area contributed by atoms with E-state index in [9.17, 15) is 9.59 Å². The number of carbonyl (C=O) groups is 2. The average Bonchev–Trinajstić information content (AvgIpc) is 2.38. The van der Waals surface area contributed by atoms with E-state index in [0.29, 0.717) is 18.1 Å². The van der Waals surface area contributed by atoms with Crippen molar-refractivity contribution in [2.24, 2.45) is 0 Å². The Labute approximate surface area is 129 Å². The summed E-state index contributed by atoms with van der Waals surface area (Å²) in [6, 6.07) is 7.27. The van der Waals surface area contributed by atoms with Crippen LogP contribution in [0.5, 0.6) is 0 Å². The van der Waals surface area contributed by atoms with E-state index in [0.717, 1.165) is 5.56 Å². The van der Waals surface area contributed by atoms with Gasteiger partial charge in [-0.3, -0.25) is 14.5 Å². The van der Waals surface area contributed by atoms with Crippen LogP contribution in [0.3, 0.4) is 0 Å². The van der Waals surface area contributed by atoms with E-state index in [4.69, 9.17) is 16.7 Å². The fraction of sp³-hybridized carbons (Fsp3) is 0.333. The zero-order valence-electron chi connectivity index (χ0n) is 12.0. The standard InChI is InChI=1S/C15H19ClN2O3/c1-3-7-18(11-15(20)21)10-14(19)17(2)9-12-5-4-6-13(16)8-12/h3-6,8H,1,7,9-11H2,2H3,(H,20,21). The summed E-state index contributed by atoms with van der Waals surface area (Å²) in [6.07, 6.45) is 1.58. The maximum atomic E-state index is 12.1. The Hall–Kier alpha value is -1.85. The molecule has 1 aromatic rings. The summed E-state index contributed by atoms with van der Waals surface area (Å²) < 4.78 is 0. The highest BCUT2D eigenvalue weighted by Crippen LogP contribution is 2.12. The summed E-state index contributed by atoms with van der Waals surface area (Å²) in [6.45, 7) is 4.18. The Kier molecular flexibility index (Phi) is 6.91. The number of carbonyl (C=O) groups excluding carboxylic acids is 1. The molecule has 0 radical (unpaired) electrons. The van der Waals surface area contributed by atoms with Crippen LogP contribution in [0.1, 0.15) is 5.56 Å². The van der Waals surface area contributed by atoms with Gasteiger partial charge in [-0.25, -0.2) is 0 Å². The number of hydrogen-bond acceptors (Lipinski definition) is 3. The smallest absolute Gasteiger partial charge is 0.317 e. The van der Waals surface area contributed by atoms with Gasteiger partial charge in [0.1, 0.15) is 0 Å². The highest BCUT2D eigenvalue weighted by molar-refractivity contribution is 6.30. The van der Waals surface area contributed by atoms with Crippen LogP contribution >= 0.6 is 11.6 Å². The number of aliphatic carboxylic acids is 1. The number of nitrogens with zero attached hydrogens (tertiary/aromatic N) is 2. The number of rotatable bonds is 8. The fourth-order valence-corrected chi connectivity index (χ4v) is 2.08. The molecule has 1 N–H and O–H groups in total. The molecule has 0 aliphatic carbocycles. The molecule has 0 aliphatic heterocycles. The van der Waals surface area contributed by atoms with Crippen LogP contribution in [0.25, 0.3) is 0 Å². The molecule has 0 atom stereocenters. The van der Waals surface area contributed by atoms with Gasteiger partial charge in [0.15, 0.2) is 0 Å². The molecule has 21 heavy (non-hydrogen) atoms. The van der Waals surface area contributed by atoms with E-state index in [1.165, 1.54) is 4.90 Å². The third-order valence-corrected chi connectivity index (χ3v) is 3.07. The molecule has 0 fully saturated rings. The van der Waals surface area contributed by atoms with E-state index in [-0.39, 0.29) is 19.0 Å². The molecule has 0 heterocycles. The number of hydrogen-bond donors (Lipinski definition) is 1. The average molecular weight is 311 g/mol. The van der Waals surface area contributed by atoms with Gasteiger partial charge in [0.05, 0.1) is 13.1 Å². The summed E-state index contributed by atoms with van der Waals surface area (Å²) in [7, 11) is 1.68. The molecule has 114 valence electrons. The van der Waals surface area contributed by atoms with Gasteiger partial charge >= 0.3 is 5.97 Å². The molecule has 0 spiro atoms. The second-order valence-electron chi connectivity index (χ2n) is 4.73. The molecule has 0 saturated carbocycles. The first-order valence-electron chi connectivity index (χ1n) is 6.46.